The number of rotatable bonds is 7. The topological polar surface area (TPSA) is 39.9 Å². The smallest absolute Gasteiger partial charge is 0.138 e. The average molecular weight is 348 g/mol. The molecular weight excluding hydrogens is 322 g/mol. The molecule has 1 unspecified atom stereocenters. The van der Waals surface area contributed by atoms with Gasteiger partial charge in [-0.2, -0.15) is 5.10 Å². The van der Waals surface area contributed by atoms with Gasteiger partial charge in [0.2, 0.25) is 0 Å². The monoisotopic (exact) mass is 347 g/mol. The molecule has 1 atom stereocenters. The largest absolute Gasteiger partial charge is 0.486 e. The molecule has 0 aliphatic heterocycles. The summed E-state index contributed by atoms with van der Waals surface area (Å²) in [6, 6.07) is 7.53. The molecule has 0 aliphatic carbocycles. The summed E-state index contributed by atoms with van der Waals surface area (Å²) in [5, 5.41) is 4.92. The average Bonchev–Trinajstić information content (AvgIpc) is 3.03. The van der Waals surface area contributed by atoms with Gasteiger partial charge < -0.3 is 4.74 Å². The van der Waals surface area contributed by atoms with Crippen molar-refractivity contribution in [3.05, 3.63) is 47.5 Å². The molecule has 0 saturated carbocycles. The van der Waals surface area contributed by atoms with Crippen molar-refractivity contribution in [1.29, 1.82) is 0 Å². The Morgan fingerprint density at radius 3 is 2.54 bits per heavy atom. The van der Waals surface area contributed by atoms with E-state index in [4.69, 9.17) is 16.3 Å². The van der Waals surface area contributed by atoms with Crippen molar-refractivity contribution in [2.75, 3.05) is 0 Å². The highest BCUT2D eigenvalue weighted by Gasteiger charge is 2.27. The Morgan fingerprint density at radius 1 is 1.29 bits per heavy atom. The first-order valence-electron chi connectivity index (χ1n) is 8.38. The van der Waals surface area contributed by atoms with Gasteiger partial charge in [-0.25, -0.2) is 9.67 Å². The molecule has 2 aromatic rings. The molecular formula is C19H26ClN3O. The lowest BCUT2D eigenvalue weighted by Crippen LogP contribution is -2.28. The SMILES string of the molecule is CCCCC(Oc1ccc(Cl)cc1)C(=Cn1cncn1)C(C)(C)C. The number of hydrogen-bond acceptors (Lipinski definition) is 3. The minimum atomic E-state index is -0.0449. The number of unbranched alkanes of at least 4 members (excludes halogenated alkanes) is 1. The zero-order chi connectivity index (χ0) is 17.6. The molecule has 5 heteroatoms. The van der Waals surface area contributed by atoms with E-state index in [-0.39, 0.29) is 11.5 Å². The number of ether oxygens (including phenoxy) is 1. The van der Waals surface area contributed by atoms with Crippen LogP contribution in [0, 0.1) is 5.41 Å². The summed E-state index contributed by atoms with van der Waals surface area (Å²) in [5.74, 6) is 0.828. The Balaban J connectivity index is 2.32. The first-order chi connectivity index (χ1) is 11.4. The summed E-state index contributed by atoms with van der Waals surface area (Å²) in [6.07, 6.45) is 8.43. The normalized spacial score (nSPS) is 13.8. The highest BCUT2D eigenvalue weighted by atomic mass is 35.5. The van der Waals surface area contributed by atoms with E-state index in [2.05, 4.69) is 37.8 Å². The van der Waals surface area contributed by atoms with Gasteiger partial charge in [-0.05, 0) is 48.1 Å². The van der Waals surface area contributed by atoms with E-state index in [1.54, 1.807) is 11.0 Å². The van der Waals surface area contributed by atoms with Crippen molar-refractivity contribution in [3.8, 4) is 5.75 Å². The molecule has 0 amide bonds. The molecule has 0 bridgehead atoms. The zero-order valence-corrected chi connectivity index (χ0v) is 15.6. The van der Waals surface area contributed by atoms with E-state index >= 15 is 0 Å². The highest BCUT2D eigenvalue weighted by Crippen LogP contribution is 2.33. The van der Waals surface area contributed by atoms with Crippen LogP contribution in [0.15, 0.2) is 42.5 Å². The quantitative estimate of drug-likeness (QED) is 0.668. The molecule has 24 heavy (non-hydrogen) atoms. The fourth-order valence-corrected chi connectivity index (χ4v) is 2.66. The maximum Gasteiger partial charge on any atom is 0.138 e. The zero-order valence-electron chi connectivity index (χ0n) is 14.9. The lowest BCUT2D eigenvalue weighted by Gasteiger charge is -2.31. The second-order valence-corrected chi connectivity index (χ2v) is 7.35. The van der Waals surface area contributed by atoms with Crippen LogP contribution in [0.3, 0.4) is 0 Å². The molecule has 4 nitrogen and oxygen atoms in total. The maximum absolute atomic E-state index is 6.32. The van der Waals surface area contributed by atoms with Crippen molar-refractivity contribution < 1.29 is 4.74 Å². The van der Waals surface area contributed by atoms with Crippen LogP contribution < -0.4 is 4.74 Å². The van der Waals surface area contributed by atoms with E-state index in [0.717, 1.165) is 25.0 Å². The second-order valence-electron chi connectivity index (χ2n) is 6.91. The fourth-order valence-electron chi connectivity index (χ4n) is 2.53. The summed E-state index contributed by atoms with van der Waals surface area (Å²) in [6.45, 7) is 8.77. The minimum Gasteiger partial charge on any atom is -0.486 e. The van der Waals surface area contributed by atoms with Gasteiger partial charge in [-0.15, -0.1) is 0 Å². The predicted molar refractivity (Wildman–Crippen MR) is 99.1 cm³/mol. The Labute approximate surface area is 149 Å². The molecule has 130 valence electrons. The van der Waals surface area contributed by atoms with Crippen LogP contribution in [-0.4, -0.2) is 20.9 Å². The van der Waals surface area contributed by atoms with Crippen LogP contribution in [0.1, 0.15) is 47.0 Å². The Morgan fingerprint density at radius 2 is 2.00 bits per heavy atom. The first kappa shape index (κ1) is 18.5. The molecule has 0 aliphatic rings. The van der Waals surface area contributed by atoms with Crippen LogP contribution in [0.2, 0.25) is 5.02 Å². The van der Waals surface area contributed by atoms with Crippen molar-refractivity contribution in [2.45, 2.75) is 53.1 Å². The maximum atomic E-state index is 6.32. The third-order valence-corrected chi connectivity index (χ3v) is 4.08. The highest BCUT2D eigenvalue weighted by molar-refractivity contribution is 6.30. The van der Waals surface area contributed by atoms with Gasteiger partial charge in [0, 0.05) is 11.2 Å². The van der Waals surface area contributed by atoms with E-state index < -0.39 is 0 Å². The summed E-state index contributed by atoms with van der Waals surface area (Å²) in [5.41, 5.74) is 1.15. The van der Waals surface area contributed by atoms with Gasteiger partial charge in [0.15, 0.2) is 0 Å². The molecule has 2 rings (SSSR count). The van der Waals surface area contributed by atoms with Crippen molar-refractivity contribution >= 4 is 17.8 Å². The fraction of sp³-hybridized carbons (Fsp3) is 0.474. The minimum absolute atomic E-state index is 0.0182. The van der Waals surface area contributed by atoms with Gasteiger partial charge in [0.1, 0.15) is 24.5 Å². The molecule has 1 aromatic heterocycles. The lowest BCUT2D eigenvalue weighted by molar-refractivity contribution is 0.197. The van der Waals surface area contributed by atoms with E-state index in [9.17, 15) is 0 Å². The third-order valence-electron chi connectivity index (χ3n) is 3.83. The summed E-state index contributed by atoms with van der Waals surface area (Å²) in [4.78, 5) is 4.02. The Kier molecular flexibility index (Phi) is 6.44. The standard InChI is InChI=1S/C19H26ClN3O/c1-5-6-7-18(24-16-10-8-15(20)9-11-16)17(19(2,3)4)12-23-14-21-13-22-23/h8-14,18H,5-7H2,1-4H3. The summed E-state index contributed by atoms with van der Waals surface area (Å²) >= 11 is 5.98. The molecule has 0 N–H and O–H groups in total. The van der Waals surface area contributed by atoms with Crippen molar-refractivity contribution in [2.24, 2.45) is 5.41 Å². The molecule has 1 heterocycles. The number of hydrogen-bond donors (Lipinski definition) is 0. The molecule has 1 aromatic carbocycles. The molecule has 0 radical (unpaired) electrons. The number of nitrogens with zero attached hydrogens (tertiary/aromatic N) is 3. The van der Waals surface area contributed by atoms with E-state index in [0.29, 0.717) is 5.02 Å². The van der Waals surface area contributed by atoms with Crippen LogP contribution in [0.4, 0.5) is 0 Å². The Hall–Kier alpha value is -1.81. The van der Waals surface area contributed by atoms with Gasteiger partial charge in [-0.1, -0.05) is 45.7 Å². The molecule has 0 spiro atoms. The number of benzene rings is 1. The van der Waals surface area contributed by atoms with Crippen LogP contribution in [-0.2, 0) is 0 Å². The van der Waals surface area contributed by atoms with Crippen molar-refractivity contribution in [3.63, 3.8) is 0 Å². The number of halogens is 1. The van der Waals surface area contributed by atoms with E-state index in [1.807, 2.05) is 30.5 Å². The second kappa shape index (κ2) is 8.34. The van der Waals surface area contributed by atoms with Gasteiger partial charge in [-0.3, -0.25) is 0 Å². The van der Waals surface area contributed by atoms with Crippen LogP contribution in [0.25, 0.3) is 6.20 Å². The van der Waals surface area contributed by atoms with Crippen LogP contribution >= 0.6 is 11.6 Å². The van der Waals surface area contributed by atoms with Gasteiger partial charge in [0.05, 0.1) is 0 Å². The molecule has 0 fully saturated rings. The summed E-state index contributed by atoms with van der Waals surface area (Å²) in [7, 11) is 0. The Bertz CT molecular complexity index is 642. The van der Waals surface area contributed by atoms with Gasteiger partial charge >= 0.3 is 0 Å². The predicted octanol–water partition coefficient (Wildman–Crippen LogP) is 5.46. The van der Waals surface area contributed by atoms with Gasteiger partial charge in [0.25, 0.3) is 0 Å². The lowest BCUT2D eigenvalue weighted by atomic mass is 9.82. The first-order valence-corrected chi connectivity index (χ1v) is 8.76. The number of aromatic nitrogens is 3. The third kappa shape index (κ3) is 5.38. The summed E-state index contributed by atoms with van der Waals surface area (Å²) < 4.78 is 8.06. The van der Waals surface area contributed by atoms with Crippen LogP contribution in [0.5, 0.6) is 5.75 Å². The van der Waals surface area contributed by atoms with Crippen molar-refractivity contribution in [1.82, 2.24) is 14.8 Å². The van der Waals surface area contributed by atoms with E-state index in [1.165, 1.54) is 11.9 Å². The molecule has 0 saturated heterocycles.